The van der Waals surface area contributed by atoms with E-state index < -0.39 is 0 Å². The van der Waals surface area contributed by atoms with E-state index in [1.54, 1.807) is 11.3 Å². The van der Waals surface area contributed by atoms with Gasteiger partial charge in [-0.3, -0.25) is 4.79 Å². The zero-order valence-electron chi connectivity index (χ0n) is 15.3. The van der Waals surface area contributed by atoms with Crippen molar-refractivity contribution in [2.45, 2.75) is 26.3 Å². The maximum atomic E-state index is 12.7. The average Bonchev–Trinajstić information content (AvgIpc) is 3.13. The van der Waals surface area contributed by atoms with Crippen LogP contribution in [0.3, 0.4) is 0 Å². The Labute approximate surface area is 162 Å². The van der Waals surface area contributed by atoms with Crippen LogP contribution in [0.15, 0.2) is 42.5 Å². The Hall–Kier alpha value is -2.60. The number of hydrogen-bond donors (Lipinski definition) is 0. The van der Waals surface area contributed by atoms with E-state index in [4.69, 9.17) is 9.47 Å². The van der Waals surface area contributed by atoms with Crippen LogP contribution in [0.5, 0.6) is 11.5 Å². The number of aryl methyl sites for hydroxylation is 1. The lowest BCUT2D eigenvalue weighted by Crippen LogP contribution is -2.30. The molecule has 0 bridgehead atoms. The second-order valence-electron chi connectivity index (χ2n) is 6.46. The molecule has 1 aliphatic heterocycles. The Kier molecular flexibility index (Phi) is 5.25. The van der Waals surface area contributed by atoms with Crippen molar-refractivity contribution in [2.24, 2.45) is 0 Å². The summed E-state index contributed by atoms with van der Waals surface area (Å²) in [5.41, 5.74) is 2.06. The molecule has 5 nitrogen and oxygen atoms in total. The van der Waals surface area contributed by atoms with Gasteiger partial charge in [-0.25, -0.2) is 4.98 Å². The predicted octanol–water partition coefficient (Wildman–Crippen LogP) is 4.05. The molecule has 1 amide bonds. The third-order valence-corrected chi connectivity index (χ3v) is 5.70. The van der Waals surface area contributed by atoms with Gasteiger partial charge in [0.2, 0.25) is 5.91 Å². The van der Waals surface area contributed by atoms with E-state index in [2.05, 4.69) is 11.1 Å². The molecule has 0 fully saturated rings. The second kappa shape index (κ2) is 7.96. The Balaban J connectivity index is 1.39. The van der Waals surface area contributed by atoms with E-state index >= 15 is 0 Å². The molecule has 0 radical (unpaired) electrons. The van der Waals surface area contributed by atoms with Gasteiger partial charge in [-0.05, 0) is 36.8 Å². The summed E-state index contributed by atoms with van der Waals surface area (Å²) in [6.45, 7) is 4.40. The van der Waals surface area contributed by atoms with Gasteiger partial charge in [-0.1, -0.05) is 18.2 Å². The summed E-state index contributed by atoms with van der Waals surface area (Å²) in [5.74, 6) is 1.68. The SMILES string of the molecule is CCN(Cc1ccc2c(c1)OCCO2)C(=O)CCc1nc2ccccc2s1. The monoisotopic (exact) mass is 382 g/mol. The minimum atomic E-state index is 0.145. The highest BCUT2D eigenvalue weighted by molar-refractivity contribution is 7.18. The number of aromatic nitrogens is 1. The zero-order valence-corrected chi connectivity index (χ0v) is 16.1. The molecule has 0 atom stereocenters. The molecular weight excluding hydrogens is 360 g/mol. The molecule has 27 heavy (non-hydrogen) atoms. The molecular formula is C21H22N2O3S. The van der Waals surface area contributed by atoms with Crippen LogP contribution in [-0.4, -0.2) is 35.5 Å². The van der Waals surface area contributed by atoms with Crippen molar-refractivity contribution in [3.63, 3.8) is 0 Å². The van der Waals surface area contributed by atoms with Crippen LogP contribution in [0.2, 0.25) is 0 Å². The van der Waals surface area contributed by atoms with Gasteiger partial charge in [0.1, 0.15) is 13.2 Å². The molecule has 1 aromatic heterocycles. The molecule has 4 rings (SSSR count). The summed E-state index contributed by atoms with van der Waals surface area (Å²) in [6.07, 6.45) is 1.15. The van der Waals surface area contributed by atoms with Gasteiger partial charge in [0.15, 0.2) is 11.5 Å². The van der Waals surface area contributed by atoms with Crippen LogP contribution in [0.25, 0.3) is 10.2 Å². The molecule has 3 aromatic rings. The van der Waals surface area contributed by atoms with Crippen LogP contribution in [-0.2, 0) is 17.8 Å². The number of carbonyl (C=O) groups excluding carboxylic acids is 1. The van der Waals surface area contributed by atoms with Crippen molar-refractivity contribution in [3.05, 3.63) is 53.0 Å². The largest absolute Gasteiger partial charge is 0.486 e. The third-order valence-electron chi connectivity index (χ3n) is 4.61. The van der Waals surface area contributed by atoms with E-state index in [9.17, 15) is 4.79 Å². The number of carbonyl (C=O) groups is 1. The smallest absolute Gasteiger partial charge is 0.223 e. The molecule has 0 spiro atoms. The van der Waals surface area contributed by atoms with Gasteiger partial charge in [0.25, 0.3) is 0 Å². The number of amides is 1. The fraction of sp³-hybridized carbons (Fsp3) is 0.333. The summed E-state index contributed by atoms with van der Waals surface area (Å²) >= 11 is 1.67. The lowest BCUT2D eigenvalue weighted by Gasteiger charge is -2.23. The molecule has 6 heteroatoms. The molecule has 0 N–H and O–H groups in total. The minimum Gasteiger partial charge on any atom is -0.486 e. The summed E-state index contributed by atoms with van der Waals surface area (Å²) in [5, 5.41) is 1.01. The molecule has 0 aliphatic carbocycles. The first kappa shape index (κ1) is 17.8. The molecule has 2 heterocycles. The summed E-state index contributed by atoms with van der Waals surface area (Å²) < 4.78 is 12.4. The Morgan fingerprint density at radius 3 is 2.78 bits per heavy atom. The van der Waals surface area contributed by atoms with E-state index in [0.717, 1.165) is 27.6 Å². The van der Waals surface area contributed by atoms with Crippen molar-refractivity contribution in [1.29, 1.82) is 0 Å². The molecule has 2 aromatic carbocycles. The minimum absolute atomic E-state index is 0.145. The van der Waals surface area contributed by atoms with Crippen LogP contribution >= 0.6 is 11.3 Å². The molecule has 140 valence electrons. The normalized spacial score (nSPS) is 12.9. The van der Waals surface area contributed by atoms with Gasteiger partial charge in [0, 0.05) is 25.9 Å². The van der Waals surface area contributed by atoms with Gasteiger partial charge in [-0.15, -0.1) is 11.3 Å². The summed E-state index contributed by atoms with van der Waals surface area (Å²) in [6, 6.07) is 14.0. The Bertz CT molecular complexity index is 921. The highest BCUT2D eigenvalue weighted by atomic mass is 32.1. The first-order valence-corrected chi connectivity index (χ1v) is 10.1. The highest BCUT2D eigenvalue weighted by Crippen LogP contribution is 2.31. The van der Waals surface area contributed by atoms with Crippen LogP contribution in [0.1, 0.15) is 23.9 Å². The number of rotatable bonds is 6. The summed E-state index contributed by atoms with van der Waals surface area (Å²) in [4.78, 5) is 19.2. The lowest BCUT2D eigenvalue weighted by molar-refractivity contribution is -0.131. The molecule has 0 unspecified atom stereocenters. The number of benzene rings is 2. The number of hydrogen-bond acceptors (Lipinski definition) is 5. The number of para-hydroxylation sites is 1. The van der Waals surface area contributed by atoms with Gasteiger partial charge >= 0.3 is 0 Å². The van der Waals surface area contributed by atoms with Crippen molar-refractivity contribution in [1.82, 2.24) is 9.88 Å². The van der Waals surface area contributed by atoms with Crippen LogP contribution < -0.4 is 9.47 Å². The summed E-state index contributed by atoms with van der Waals surface area (Å²) in [7, 11) is 0. The maximum absolute atomic E-state index is 12.7. The second-order valence-corrected chi connectivity index (χ2v) is 7.58. The van der Waals surface area contributed by atoms with E-state index in [1.807, 2.05) is 48.2 Å². The Morgan fingerprint density at radius 2 is 1.96 bits per heavy atom. The van der Waals surface area contributed by atoms with Gasteiger partial charge in [0.05, 0.1) is 15.2 Å². The Morgan fingerprint density at radius 1 is 1.15 bits per heavy atom. The first-order valence-electron chi connectivity index (χ1n) is 9.23. The fourth-order valence-electron chi connectivity index (χ4n) is 3.18. The predicted molar refractivity (Wildman–Crippen MR) is 106 cm³/mol. The quantitative estimate of drug-likeness (QED) is 0.645. The standard InChI is InChI=1S/C21H22N2O3S/c1-2-23(14-15-7-8-17-18(13-15)26-12-11-25-17)21(24)10-9-20-22-16-5-3-4-6-19(16)27-20/h3-8,13H,2,9-12,14H2,1H3. The van der Waals surface area contributed by atoms with Crippen molar-refractivity contribution in [2.75, 3.05) is 19.8 Å². The van der Waals surface area contributed by atoms with Gasteiger partial charge < -0.3 is 14.4 Å². The van der Waals surface area contributed by atoms with E-state index in [1.165, 1.54) is 4.70 Å². The molecule has 1 aliphatic rings. The van der Waals surface area contributed by atoms with Crippen molar-refractivity contribution >= 4 is 27.5 Å². The van der Waals surface area contributed by atoms with Crippen LogP contribution in [0, 0.1) is 0 Å². The molecule has 0 saturated carbocycles. The highest BCUT2D eigenvalue weighted by Gasteiger charge is 2.16. The zero-order chi connectivity index (χ0) is 18.6. The van der Waals surface area contributed by atoms with Gasteiger partial charge in [-0.2, -0.15) is 0 Å². The lowest BCUT2D eigenvalue weighted by atomic mass is 10.1. The third kappa shape index (κ3) is 4.06. The van der Waals surface area contributed by atoms with Crippen molar-refractivity contribution < 1.29 is 14.3 Å². The molecule has 0 saturated heterocycles. The van der Waals surface area contributed by atoms with E-state index in [0.29, 0.717) is 39.1 Å². The number of nitrogens with zero attached hydrogens (tertiary/aromatic N) is 2. The maximum Gasteiger partial charge on any atom is 0.223 e. The number of thiazole rings is 1. The van der Waals surface area contributed by atoms with Crippen LogP contribution in [0.4, 0.5) is 0 Å². The van der Waals surface area contributed by atoms with Crippen molar-refractivity contribution in [3.8, 4) is 11.5 Å². The number of fused-ring (bicyclic) bond motifs is 2. The average molecular weight is 382 g/mol. The van der Waals surface area contributed by atoms with E-state index in [-0.39, 0.29) is 5.91 Å². The topological polar surface area (TPSA) is 51.7 Å². The number of ether oxygens (including phenoxy) is 2. The fourth-order valence-corrected chi connectivity index (χ4v) is 4.15. The first-order chi connectivity index (χ1) is 13.2.